The van der Waals surface area contributed by atoms with Crippen molar-refractivity contribution >= 4 is 6.21 Å². The highest BCUT2D eigenvalue weighted by Crippen LogP contribution is 2.08. The molecule has 0 aliphatic rings. The number of rotatable bonds is 8. The first-order valence-electron chi connectivity index (χ1n) is 8.06. The molecule has 0 saturated carbocycles. The Morgan fingerprint density at radius 1 is 0.955 bits per heavy atom. The summed E-state index contributed by atoms with van der Waals surface area (Å²) in [6, 6.07) is 17.0. The van der Waals surface area contributed by atoms with Gasteiger partial charge in [-0.1, -0.05) is 68.8 Å². The zero-order valence-corrected chi connectivity index (χ0v) is 13.6. The number of benzene rings is 2. The van der Waals surface area contributed by atoms with E-state index in [9.17, 15) is 0 Å². The second-order valence-corrected chi connectivity index (χ2v) is 5.41. The van der Waals surface area contributed by atoms with Crippen LogP contribution in [0.3, 0.4) is 0 Å². The van der Waals surface area contributed by atoms with Crippen molar-refractivity contribution in [2.45, 2.75) is 39.7 Å². The van der Waals surface area contributed by atoms with Crippen LogP contribution in [0.2, 0.25) is 0 Å². The maximum atomic E-state index is 5.62. The normalized spacial score (nSPS) is 11.2. The van der Waals surface area contributed by atoms with E-state index in [1.165, 1.54) is 28.7 Å². The van der Waals surface area contributed by atoms with Gasteiger partial charge in [-0.25, -0.2) is 0 Å². The molecule has 0 saturated heterocycles. The third-order valence-electron chi connectivity index (χ3n) is 3.66. The summed E-state index contributed by atoms with van der Waals surface area (Å²) in [6.07, 6.45) is 5.25. The molecule has 0 aliphatic heterocycles. The van der Waals surface area contributed by atoms with Gasteiger partial charge in [0.25, 0.3) is 0 Å². The van der Waals surface area contributed by atoms with Crippen molar-refractivity contribution in [3.63, 3.8) is 0 Å². The standard InChI is InChI=1S/C20H25NO/c1-3-7-17-10-12-18(13-11-17)15-22-16-21-14-20-9-6-5-8-19(20)4-2/h5-6,8-14H,3-4,7,15-16H2,1-2H3/b21-14+. The van der Waals surface area contributed by atoms with Crippen LogP contribution in [-0.4, -0.2) is 12.9 Å². The first-order valence-corrected chi connectivity index (χ1v) is 8.06. The van der Waals surface area contributed by atoms with Crippen LogP contribution in [0, 0.1) is 0 Å². The Labute approximate surface area is 133 Å². The molecule has 22 heavy (non-hydrogen) atoms. The Kier molecular flexibility index (Phi) is 6.85. The van der Waals surface area contributed by atoms with Gasteiger partial charge in [0.15, 0.2) is 0 Å². The number of hydrogen-bond donors (Lipinski definition) is 0. The lowest BCUT2D eigenvalue weighted by atomic mass is 10.1. The number of nitrogens with zero attached hydrogens (tertiary/aromatic N) is 1. The molecule has 2 aromatic carbocycles. The number of hydrogen-bond acceptors (Lipinski definition) is 2. The molecule has 0 aliphatic carbocycles. The highest BCUT2D eigenvalue weighted by atomic mass is 16.5. The molecule has 0 bridgehead atoms. The zero-order chi connectivity index (χ0) is 15.6. The van der Waals surface area contributed by atoms with Gasteiger partial charge in [0.2, 0.25) is 0 Å². The van der Waals surface area contributed by atoms with Crippen LogP contribution < -0.4 is 0 Å². The molecule has 0 amide bonds. The minimum Gasteiger partial charge on any atom is -0.355 e. The first-order chi connectivity index (χ1) is 10.8. The smallest absolute Gasteiger partial charge is 0.137 e. The second-order valence-electron chi connectivity index (χ2n) is 5.41. The highest BCUT2D eigenvalue weighted by molar-refractivity contribution is 5.81. The van der Waals surface area contributed by atoms with Gasteiger partial charge in [-0.15, -0.1) is 0 Å². The molecule has 0 N–H and O–H groups in total. The van der Waals surface area contributed by atoms with Crippen molar-refractivity contribution in [1.82, 2.24) is 0 Å². The van der Waals surface area contributed by atoms with Gasteiger partial charge in [0.05, 0.1) is 6.61 Å². The van der Waals surface area contributed by atoms with Gasteiger partial charge in [0, 0.05) is 6.21 Å². The molecule has 2 rings (SSSR count). The van der Waals surface area contributed by atoms with Crippen molar-refractivity contribution < 1.29 is 4.74 Å². The summed E-state index contributed by atoms with van der Waals surface area (Å²) in [5.41, 5.74) is 5.08. The molecule has 0 atom stereocenters. The number of aliphatic imine (C=N–C) groups is 1. The molecule has 0 heterocycles. The van der Waals surface area contributed by atoms with Gasteiger partial charge in [-0.2, -0.15) is 0 Å². The first kappa shape index (κ1) is 16.4. The predicted octanol–water partition coefficient (Wildman–Crippen LogP) is 4.79. The summed E-state index contributed by atoms with van der Waals surface area (Å²) >= 11 is 0. The number of ether oxygens (including phenoxy) is 1. The summed E-state index contributed by atoms with van der Waals surface area (Å²) in [5.74, 6) is 0. The molecular formula is C20H25NO. The third-order valence-corrected chi connectivity index (χ3v) is 3.66. The van der Waals surface area contributed by atoms with E-state index in [0.29, 0.717) is 13.3 Å². The lowest BCUT2D eigenvalue weighted by Crippen LogP contribution is -1.96. The van der Waals surface area contributed by atoms with E-state index < -0.39 is 0 Å². The van der Waals surface area contributed by atoms with Crippen LogP contribution in [-0.2, 0) is 24.2 Å². The molecule has 0 radical (unpaired) electrons. The largest absolute Gasteiger partial charge is 0.355 e. The van der Waals surface area contributed by atoms with E-state index in [-0.39, 0.29) is 0 Å². The molecule has 2 aromatic rings. The van der Waals surface area contributed by atoms with Crippen molar-refractivity contribution in [3.05, 3.63) is 70.8 Å². The quantitative estimate of drug-likeness (QED) is 0.506. The summed E-state index contributed by atoms with van der Waals surface area (Å²) < 4.78 is 5.62. The van der Waals surface area contributed by atoms with Gasteiger partial charge < -0.3 is 4.74 Å². The van der Waals surface area contributed by atoms with E-state index in [1.54, 1.807) is 0 Å². The fourth-order valence-electron chi connectivity index (χ4n) is 2.42. The van der Waals surface area contributed by atoms with Crippen LogP contribution >= 0.6 is 0 Å². The Hall–Kier alpha value is -1.93. The maximum Gasteiger partial charge on any atom is 0.137 e. The van der Waals surface area contributed by atoms with Crippen molar-refractivity contribution in [1.29, 1.82) is 0 Å². The maximum absolute atomic E-state index is 5.62. The SMILES string of the molecule is CCCc1ccc(COC/N=C/c2ccccc2CC)cc1. The van der Waals surface area contributed by atoms with Gasteiger partial charge >= 0.3 is 0 Å². The number of aryl methyl sites for hydroxylation is 2. The van der Waals surface area contributed by atoms with E-state index >= 15 is 0 Å². The van der Waals surface area contributed by atoms with Crippen molar-refractivity contribution in [2.24, 2.45) is 4.99 Å². The van der Waals surface area contributed by atoms with Gasteiger partial charge in [0.1, 0.15) is 6.73 Å². The topological polar surface area (TPSA) is 21.6 Å². The molecule has 0 aromatic heterocycles. The average molecular weight is 295 g/mol. The minimum absolute atomic E-state index is 0.398. The van der Waals surface area contributed by atoms with Crippen LogP contribution in [0.25, 0.3) is 0 Å². The summed E-state index contributed by atoms with van der Waals surface area (Å²) in [6.45, 7) is 5.37. The van der Waals surface area contributed by atoms with E-state index in [2.05, 4.69) is 61.3 Å². The average Bonchev–Trinajstić information content (AvgIpc) is 2.57. The fourth-order valence-corrected chi connectivity index (χ4v) is 2.42. The minimum atomic E-state index is 0.398. The molecule has 0 fully saturated rings. The van der Waals surface area contributed by atoms with Crippen LogP contribution in [0.1, 0.15) is 42.5 Å². The molecule has 0 unspecified atom stereocenters. The lowest BCUT2D eigenvalue weighted by Gasteiger charge is -2.04. The highest BCUT2D eigenvalue weighted by Gasteiger charge is 1.96. The van der Waals surface area contributed by atoms with Gasteiger partial charge in [-0.05, 0) is 35.1 Å². The summed E-state index contributed by atoms with van der Waals surface area (Å²) in [4.78, 5) is 4.37. The van der Waals surface area contributed by atoms with Gasteiger partial charge in [-0.3, -0.25) is 4.99 Å². The zero-order valence-electron chi connectivity index (χ0n) is 13.6. The predicted molar refractivity (Wildman–Crippen MR) is 93.5 cm³/mol. The molecule has 0 spiro atoms. The molecular weight excluding hydrogens is 270 g/mol. The van der Waals surface area contributed by atoms with Crippen LogP contribution in [0.15, 0.2) is 53.5 Å². The van der Waals surface area contributed by atoms with E-state index in [4.69, 9.17) is 4.74 Å². The second kappa shape index (κ2) is 9.16. The Morgan fingerprint density at radius 2 is 1.68 bits per heavy atom. The third kappa shape index (κ3) is 5.12. The van der Waals surface area contributed by atoms with Crippen LogP contribution in [0.5, 0.6) is 0 Å². The summed E-state index contributed by atoms with van der Waals surface area (Å²) in [7, 11) is 0. The molecule has 2 nitrogen and oxygen atoms in total. The lowest BCUT2D eigenvalue weighted by molar-refractivity contribution is 0.129. The molecule has 2 heteroatoms. The fraction of sp³-hybridized carbons (Fsp3) is 0.350. The van der Waals surface area contributed by atoms with Crippen molar-refractivity contribution in [3.8, 4) is 0 Å². The Morgan fingerprint density at radius 3 is 2.41 bits per heavy atom. The van der Waals surface area contributed by atoms with Crippen molar-refractivity contribution in [2.75, 3.05) is 6.73 Å². The monoisotopic (exact) mass is 295 g/mol. The Balaban J connectivity index is 1.78. The van der Waals surface area contributed by atoms with E-state index in [1.807, 2.05) is 12.3 Å². The van der Waals surface area contributed by atoms with E-state index in [0.717, 1.165) is 12.8 Å². The summed E-state index contributed by atoms with van der Waals surface area (Å²) in [5, 5.41) is 0. The molecule has 116 valence electrons. The Bertz CT molecular complexity index is 587. The van der Waals surface area contributed by atoms with Crippen LogP contribution in [0.4, 0.5) is 0 Å².